The van der Waals surface area contributed by atoms with Crippen molar-refractivity contribution in [1.29, 1.82) is 0 Å². The number of rotatable bonds is 7. The number of hydrogen-bond donors (Lipinski definition) is 1. The zero-order valence-corrected chi connectivity index (χ0v) is 13.9. The summed E-state index contributed by atoms with van der Waals surface area (Å²) in [6.07, 6.45) is 2.35. The van der Waals surface area contributed by atoms with Crippen LogP contribution in [0.1, 0.15) is 12.0 Å². The molecule has 0 bridgehead atoms. The molecule has 0 aliphatic heterocycles. The Labute approximate surface area is 145 Å². The SMILES string of the molecule is NCCCN(Cc1ccccc1)C(=O)Cn1nc2ccccn2c1=O. The van der Waals surface area contributed by atoms with Crippen molar-refractivity contribution in [3.63, 3.8) is 0 Å². The van der Waals surface area contributed by atoms with Crippen molar-refractivity contribution in [1.82, 2.24) is 19.1 Å². The molecule has 1 aromatic carbocycles. The summed E-state index contributed by atoms with van der Waals surface area (Å²) in [7, 11) is 0. The van der Waals surface area contributed by atoms with Crippen molar-refractivity contribution in [2.45, 2.75) is 19.5 Å². The van der Waals surface area contributed by atoms with Crippen LogP contribution in [0.3, 0.4) is 0 Å². The van der Waals surface area contributed by atoms with Gasteiger partial charge in [-0.1, -0.05) is 36.4 Å². The van der Waals surface area contributed by atoms with Gasteiger partial charge in [-0.25, -0.2) is 9.48 Å². The Morgan fingerprint density at radius 3 is 2.60 bits per heavy atom. The number of carbonyl (C=O) groups excluding carboxylic acids is 1. The molecule has 0 unspecified atom stereocenters. The Hall–Kier alpha value is -2.93. The average molecular weight is 339 g/mol. The second kappa shape index (κ2) is 7.76. The van der Waals surface area contributed by atoms with Crippen molar-refractivity contribution in [2.24, 2.45) is 5.73 Å². The number of nitrogens with two attached hydrogens (primary N) is 1. The highest BCUT2D eigenvalue weighted by Gasteiger charge is 2.17. The molecule has 0 aliphatic carbocycles. The third-order valence-corrected chi connectivity index (χ3v) is 3.97. The lowest BCUT2D eigenvalue weighted by atomic mass is 10.2. The summed E-state index contributed by atoms with van der Waals surface area (Å²) in [4.78, 5) is 26.8. The smallest absolute Gasteiger partial charge is 0.337 e. The summed E-state index contributed by atoms with van der Waals surface area (Å²) in [6, 6.07) is 15.0. The molecule has 3 aromatic rings. The van der Waals surface area contributed by atoms with Gasteiger partial charge in [-0.3, -0.25) is 9.20 Å². The largest absolute Gasteiger partial charge is 0.350 e. The first-order valence-corrected chi connectivity index (χ1v) is 8.25. The molecule has 130 valence electrons. The lowest BCUT2D eigenvalue weighted by molar-refractivity contribution is -0.132. The molecule has 0 atom stereocenters. The van der Waals surface area contributed by atoms with Crippen LogP contribution in [0.25, 0.3) is 5.65 Å². The summed E-state index contributed by atoms with van der Waals surface area (Å²) in [5.74, 6) is -0.150. The zero-order valence-electron chi connectivity index (χ0n) is 13.9. The number of pyridine rings is 1. The van der Waals surface area contributed by atoms with Gasteiger partial charge in [0.1, 0.15) is 6.54 Å². The molecule has 0 fully saturated rings. The summed E-state index contributed by atoms with van der Waals surface area (Å²) in [6.45, 7) is 1.46. The molecule has 2 aromatic heterocycles. The van der Waals surface area contributed by atoms with Gasteiger partial charge in [-0.2, -0.15) is 0 Å². The topological polar surface area (TPSA) is 85.6 Å². The number of hydrogen-bond acceptors (Lipinski definition) is 4. The first-order valence-electron chi connectivity index (χ1n) is 8.25. The lowest BCUT2D eigenvalue weighted by Crippen LogP contribution is -2.37. The van der Waals surface area contributed by atoms with E-state index in [0.29, 0.717) is 31.7 Å². The standard InChI is InChI=1S/C18H21N5O2/c19-10-6-11-21(13-15-7-2-1-3-8-15)17(24)14-23-18(25)22-12-5-4-9-16(22)20-23/h1-5,7-9,12H,6,10-11,13-14,19H2. The quantitative estimate of drug-likeness (QED) is 0.692. The van der Waals surface area contributed by atoms with Crippen LogP contribution >= 0.6 is 0 Å². The van der Waals surface area contributed by atoms with Gasteiger partial charge in [0.15, 0.2) is 5.65 Å². The van der Waals surface area contributed by atoms with Crippen LogP contribution < -0.4 is 11.4 Å². The van der Waals surface area contributed by atoms with Crippen molar-refractivity contribution >= 4 is 11.6 Å². The van der Waals surface area contributed by atoms with Crippen LogP contribution in [0.15, 0.2) is 59.5 Å². The van der Waals surface area contributed by atoms with Gasteiger partial charge in [-0.15, -0.1) is 5.10 Å². The zero-order chi connectivity index (χ0) is 17.6. The third kappa shape index (κ3) is 3.95. The molecule has 0 aliphatic rings. The minimum absolute atomic E-state index is 0.0854. The predicted molar refractivity (Wildman–Crippen MR) is 95.0 cm³/mol. The number of carbonyl (C=O) groups is 1. The highest BCUT2D eigenvalue weighted by molar-refractivity contribution is 5.76. The molecule has 25 heavy (non-hydrogen) atoms. The molecule has 3 rings (SSSR count). The van der Waals surface area contributed by atoms with E-state index in [0.717, 1.165) is 5.56 Å². The van der Waals surface area contributed by atoms with E-state index >= 15 is 0 Å². The Balaban J connectivity index is 1.79. The monoisotopic (exact) mass is 339 g/mol. The fourth-order valence-corrected chi connectivity index (χ4v) is 2.68. The van der Waals surface area contributed by atoms with Crippen molar-refractivity contribution in [2.75, 3.05) is 13.1 Å². The molecule has 0 radical (unpaired) electrons. The average Bonchev–Trinajstić information content (AvgIpc) is 2.95. The first-order chi connectivity index (χ1) is 12.2. The number of amides is 1. The molecule has 1 amide bonds. The maximum absolute atomic E-state index is 12.7. The van der Waals surface area contributed by atoms with Gasteiger partial charge in [0.2, 0.25) is 5.91 Å². The first kappa shape index (κ1) is 16.9. The fourth-order valence-electron chi connectivity index (χ4n) is 2.68. The van der Waals surface area contributed by atoms with E-state index in [2.05, 4.69) is 5.10 Å². The molecular weight excluding hydrogens is 318 g/mol. The summed E-state index contributed by atoms with van der Waals surface area (Å²) < 4.78 is 2.63. The number of fused-ring (bicyclic) bond motifs is 1. The summed E-state index contributed by atoms with van der Waals surface area (Å²) >= 11 is 0. The number of benzene rings is 1. The molecule has 7 heteroatoms. The molecule has 2 N–H and O–H groups in total. The minimum Gasteiger partial charge on any atom is -0.337 e. The van der Waals surface area contributed by atoms with Crippen LogP contribution in [0.4, 0.5) is 0 Å². The van der Waals surface area contributed by atoms with Crippen molar-refractivity contribution in [3.05, 3.63) is 70.8 Å². The number of aromatic nitrogens is 3. The second-order valence-electron chi connectivity index (χ2n) is 5.81. The van der Waals surface area contributed by atoms with E-state index in [1.54, 1.807) is 29.3 Å². The van der Waals surface area contributed by atoms with Crippen LogP contribution in [-0.4, -0.2) is 38.1 Å². The summed E-state index contributed by atoms with van der Waals surface area (Å²) in [5, 5.41) is 4.22. The van der Waals surface area contributed by atoms with E-state index in [1.165, 1.54) is 9.08 Å². The van der Waals surface area contributed by atoms with Crippen molar-refractivity contribution in [3.8, 4) is 0 Å². The lowest BCUT2D eigenvalue weighted by Gasteiger charge is -2.22. The predicted octanol–water partition coefficient (Wildman–Crippen LogP) is 0.874. The molecule has 2 heterocycles. The molecular formula is C18H21N5O2. The van der Waals surface area contributed by atoms with E-state index in [1.807, 2.05) is 30.3 Å². The van der Waals surface area contributed by atoms with Gasteiger partial charge >= 0.3 is 5.69 Å². The molecule has 0 saturated heterocycles. The molecule has 7 nitrogen and oxygen atoms in total. The van der Waals surface area contributed by atoms with E-state index in [-0.39, 0.29) is 18.1 Å². The van der Waals surface area contributed by atoms with Gasteiger partial charge < -0.3 is 10.6 Å². The normalized spacial score (nSPS) is 10.9. The van der Waals surface area contributed by atoms with Crippen LogP contribution in [0.5, 0.6) is 0 Å². The van der Waals surface area contributed by atoms with Gasteiger partial charge in [0, 0.05) is 19.3 Å². The third-order valence-electron chi connectivity index (χ3n) is 3.97. The van der Waals surface area contributed by atoms with E-state index < -0.39 is 0 Å². The van der Waals surface area contributed by atoms with Gasteiger partial charge in [0.05, 0.1) is 0 Å². The summed E-state index contributed by atoms with van der Waals surface area (Å²) in [5.41, 5.74) is 6.83. The maximum atomic E-state index is 12.7. The molecule has 0 spiro atoms. The highest BCUT2D eigenvalue weighted by atomic mass is 16.2. The van der Waals surface area contributed by atoms with E-state index in [4.69, 9.17) is 5.73 Å². The molecule has 0 saturated carbocycles. The number of nitrogens with zero attached hydrogens (tertiary/aromatic N) is 4. The highest BCUT2D eigenvalue weighted by Crippen LogP contribution is 2.06. The van der Waals surface area contributed by atoms with Crippen molar-refractivity contribution < 1.29 is 4.79 Å². The Morgan fingerprint density at radius 2 is 1.88 bits per heavy atom. The Bertz CT molecular complexity index is 900. The maximum Gasteiger partial charge on any atom is 0.350 e. The van der Waals surface area contributed by atoms with Crippen LogP contribution in [0, 0.1) is 0 Å². The Morgan fingerprint density at radius 1 is 1.12 bits per heavy atom. The minimum atomic E-state index is -0.317. The van der Waals surface area contributed by atoms with Crippen LogP contribution in [0.2, 0.25) is 0 Å². The van der Waals surface area contributed by atoms with Gasteiger partial charge in [0.25, 0.3) is 0 Å². The second-order valence-corrected chi connectivity index (χ2v) is 5.81. The van der Waals surface area contributed by atoms with Crippen LogP contribution in [-0.2, 0) is 17.9 Å². The van der Waals surface area contributed by atoms with Gasteiger partial charge in [-0.05, 0) is 30.7 Å². The Kier molecular flexibility index (Phi) is 5.25. The fraction of sp³-hybridized carbons (Fsp3) is 0.278. The van der Waals surface area contributed by atoms with E-state index in [9.17, 15) is 9.59 Å².